The van der Waals surface area contributed by atoms with Gasteiger partial charge in [0.1, 0.15) is 22.9 Å². The SMILES string of the molecule is CC(=O)N[C@@H](C)COC1CC(F)(COc2ccc3nc(C(C)(C)O)sc3c2F)C1. The molecular formula is C20H26F2N2O4S. The summed E-state index contributed by atoms with van der Waals surface area (Å²) < 4.78 is 40.8. The third kappa shape index (κ3) is 5.21. The van der Waals surface area contributed by atoms with E-state index in [1.54, 1.807) is 19.9 Å². The van der Waals surface area contributed by atoms with Crippen molar-refractivity contribution in [1.29, 1.82) is 0 Å². The van der Waals surface area contributed by atoms with Gasteiger partial charge in [-0.3, -0.25) is 4.79 Å². The predicted octanol–water partition coefficient (Wildman–Crippen LogP) is 3.45. The van der Waals surface area contributed by atoms with Gasteiger partial charge in [0.25, 0.3) is 0 Å². The molecule has 0 radical (unpaired) electrons. The highest BCUT2D eigenvalue weighted by Crippen LogP contribution is 2.40. The maximum atomic E-state index is 14.7. The second-order valence-electron chi connectivity index (χ2n) is 8.21. The predicted molar refractivity (Wildman–Crippen MR) is 106 cm³/mol. The molecule has 6 nitrogen and oxygen atoms in total. The lowest BCUT2D eigenvalue weighted by molar-refractivity contribution is -0.125. The normalized spacial score (nSPS) is 22.9. The van der Waals surface area contributed by atoms with Crippen molar-refractivity contribution in [3.8, 4) is 5.75 Å². The number of halogens is 2. The Morgan fingerprint density at radius 2 is 2.17 bits per heavy atom. The van der Waals surface area contributed by atoms with E-state index in [2.05, 4.69) is 10.3 Å². The third-order valence-corrected chi connectivity index (χ3v) is 6.07. The molecule has 3 rings (SSSR count). The van der Waals surface area contributed by atoms with Gasteiger partial charge in [-0.1, -0.05) is 0 Å². The summed E-state index contributed by atoms with van der Waals surface area (Å²) in [5.41, 5.74) is -2.31. The standard InChI is InChI=1S/C20H26F2N2O4S/c1-11(23-12(2)25)9-27-13-7-20(22,8-13)10-28-15-6-5-14-17(16(15)21)29-18(24-14)19(3,4)26/h5-6,11,13,26H,7-10H2,1-4H3,(H,23,25)/t11-,13?,20?/m0/s1. The zero-order valence-corrected chi connectivity index (χ0v) is 17.7. The van der Waals surface area contributed by atoms with Crippen molar-refractivity contribution >= 4 is 27.5 Å². The van der Waals surface area contributed by atoms with Crippen LogP contribution in [0.2, 0.25) is 0 Å². The van der Waals surface area contributed by atoms with Gasteiger partial charge < -0.3 is 19.9 Å². The summed E-state index contributed by atoms with van der Waals surface area (Å²) in [5, 5.41) is 13.2. The number of fused-ring (bicyclic) bond motifs is 1. The molecule has 1 aromatic carbocycles. The second-order valence-corrected chi connectivity index (χ2v) is 9.21. The topological polar surface area (TPSA) is 80.7 Å². The third-order valence-electron chi connectivity index (χ3n) is 4.69. The van der Waals surface area contributed by atoms with Crippen LogP contribution in [0.1, 0.15) is 45.5 Å². The quantitative estimate of drug-likeness (QED) is 0.673. The summed E-state index contributed by atoms with van der Waals surface area (Å²) in [6.07, 6.45) is 0.0723. The number of benzene rings is 1. The van der Waals surface area contributed by atoms with Gasteiger partial charge in [0.2, 0.25) is 5.91 Å². The largest absolute Gasteiger partial charge is 0.487 e. The first-order valence-corrected chi connectivity index (χ1v) is 10.3. The number of thiazole rings is 1. The first kappa shape index (κ1) is 21.9. The first-order valence-electron chi connectivity index (χ1n) is 9.49. The van der Waals surface area contributed by atoms with Crippen molar-refractivity contribution in [2.45, 2.75) is 64.0 Å². The highest BCUT2D eigenvalue weighted by Gasteiger charge is 2.46. The van der Waals surface area contributed by atoms with Crippen LogP contribution in [0, 0.1) is 5.82 Å². The van der Waals surface area contributed by atoms with E-state index in [9.17, 15) is 18.7 Å². The van der Waals surface area contributed by atoms with Gasteiger partial charge in [-0.25, -0.2) is 13.8 Å². The van der Waals surface area contributed by atoms with E-state index >= 15 is 0 Å². The molecule has 1 fully saturated rings. The molecule has 0 saturated heterocycles. The summed E-state index contributed by atoms with van der Waals surface area (Å²) in [6, 6.07) is 2.88. The van der Waals surface area contributed by atoms with Gasteiger partial charge in [0.05, 0.1) is 22.9 Å². The Morgan fingerprint density at radius 3 is 2.79 bits per heavy atom. The van der Waals surface area contributed by atoms with E-state index in [-0.39, 0.29) is 48.0 Å². The molecule has 2 aromatic rings. The lowest BCUT2D eigenvalue weighted by atomic mass is 9.79. The van der Waals surface area contributed by atoms with E-state index < -0.39 is 17.1 Å². The number of hydrogen-bond acceptors (Lipinski definition) is 6. The summed E-state index contributed by atoms with van der Waals surface area (Å²) in [6.45, 7) is 6.44. The molecule has 9 heteroatoms. The smallest absolute Gasteiger partial charge is 0.217 e. The molecule has 0 bridgehead atoms. The van der Waals surface area contributed by atoms with Crippen LogP contribution < -0.4 is 10.1 Å². The number of aromatic nitrogens is 1. The average Bonchev–Trinajstić information content (AvgIpc) is 3.02. The van der Waals surface area contributed by atoms with Gasteiger partial charge in [-0.15, -0.1) is 11.3 Å². The van der Waals surface area contributed by atoms with E-state index in [0.29, 0.717) is 17.1 Å². The molecule has 160 valence electrons. The Morgan fingerprint density at radius 1 is 1.48 bits per heavy atom. The molecule has 1 aliphatic carbocycles. The van der Waals surface area contributed by atoms with Gasteiger partial charge >= 0.3 is 0 Å². The Hall–Kier alpha value is -1.84. The fraction of sp³-hybridized carbons (Fsp3) is 0.600. The minimum atomic E-state index is -1.57. The minimum absolute atomic E-state index is 0.0379. The Kier molecular flexibility index (Phi) is 6.12. The van der Waals surface area contributed by atoms with Crippen molar-refractivity contribution in [2.75, 3.05) is 13.2 Å². The zero-order chi connectivity index (χ0) is 21.4. The number of aliphatic hydroxyl groups is 1. The number of hydrogen-bond donors (Lipinski definition) is 2. The molecule has 29 heavy (non-hydrogen) atoms. The zero-order valence-electron chi connectivity index (χ0n) is 16.9. The fourth-order valence-corrected chi connectivity index (χ4v) is 4.18. The molecule has 1 atom stereocenters. The second kappa shape index (κ2) is 8.12. The molecule has 0 spiro atoms. The lowest BCUT2D eigenvalue weighted by Crippen LogP contribution is -2.50. The van der Waals surface area contributed by atoms with Gasteiger partial charge in [0.15, 0.2) is 11.6 Å². The van der Waals surface area contributed by atoms with Crippen LogP contribution in [0.4, 0.5) is 8.78 Å². The molecule has 1 amide bonds. The monoisotopic (exact) mass is 428 g/mol. The minimum Gasteiger partial charge on any atom is -0.487 e. The number of nitrogens with zero attached hydrogens (tertiary/aromatic N) is 1. The number of alkyl halides is 1. The fourth-order valence-electron chi connectivity index (χ4n) is 3.18. The van der Waals surface area contributed by atoms with Crippen molar-refractivity contribution in [2.24, 2.45) is 0 Å². The maximum Gasteiger partial charge on any atom is 0.217 e. The van der Waals surface area contributed by atoms with Crippen molar-refractivity contribution in [3.63, 3.8) is 0 Å². The Bertz CT molecular complexity index is 890. The highest BCUT2D eigenvalue weighted by molar-refractivity contribution is 7.18. The van der Waals surface area contributed by atoms with E-state index in [1.807, 2.05) is 6.92 Å². The Labute approximate surface area is 172 Å². The number of carbonyl (C=O) groups excluding carboxylic acids is 1. The van der Waals surface area contributed by atoms with Crippen molar-refractivity contribution in [1.82, 2.24) is 10.3 Å². The van der Waals surface area contributed by atoms with Gasteiger partial charge in [-0.2, -0.15) is 0 Å². The maximum absolute atomic E-state index is 14.7. The first-order chi connectivity index (χ1) is 13.5. The summed E-state index contributed by atoms with van der Waals surface area (Å²) in [4.78, 5) is 15.2. The van der Waals surface area contributed by atoms with E-state index in [0.717, 1.165) is 11.3 Å². The van der Waals surface area contributed by atoms with Crippen molar-refractivity contribution in [3.05, 3.63) is 23.0 Å². The molecule has 2 N–H and O–H groups in total. The van der Waals surface area contributed by atoms with Gasteiger partial charge in [0, 0.05) is 25.8 Å². The molecule has 1 heterocycles. The highest BCUT2D eigenvalue weighted by atomic mass is 32.1. The molecule has 1 aliphatic rings. The number of carbonyl (C=O) groups is 1. The van der Waals surface area contributed by atoms with E-state index in [4.69, 9.17) is 9.47 Å². The molecule has 0 unspecified atom stereocenters. The van der Waals surface area contributed by atoms with Crippen molar-refractivity contribution < 1.29 is 28.2 Å². The van der Waals surface area contributed by atoms with Crippen LogP contribution in [-0.2, 0) is 15.1 Å². The summed E-state index contributed by atoms with van der Waals surface area (Å²) >= 11 is 1.05. The van der Waals surface area contributed by atoms with Crippen LogP contribution in [0.3, 0.4) is 0 Å². The summed E-state index contributed by atoms with van der Waals surface area (Å²) in [5.74, 6) is -0.781. The van der Waals surface area contributed by atoms with Crippen LogP contribution in [-0.4, -0.2) is 47.0 Å². The number of rotatable bonds is 8. The van der Waals surface area contributed by atoms with E-state index in [1.165, 1.54) is 13.0 Å². The lowest BCUT2D eigenvalue weighted by Gasteiger charge is -2.41. The van der Waals surface area contributed by atoms with Crippen LogP contribution in [0.25, 0.3) is 10.2 Å². The van der Waals surface area contributed by atoms with Crippen LogP contribution in [0.5, 0.6) is 5.75 Å². The van der Waals surface area contributed by atoms with Crippen LogP contribution in [0.15, 0.2) is 12.1 Å². The molecule has 1 saturated carbocycles. The Balaban J connectivity index is 1.54. The summed E-state index contributed by atoms with van der Waals surface area (Å²) in [7, 11) is 0. The van der Waals surface area contributed by atoms with Gasteiger partial charge in [-0.05, 0) is 32.9 Å². The number of ether oxygens (including phenoxy) is 2. The average molecular weight is 429 g/mol. The number of nitrogens with one attached hydrogen (secondary N) is 1. The number of amides is 1. The molecule has 0 aliphatic heterocycles. The molecule has 1 aromatic heterocycles. The van der Waals surface area contributed by atoms with Crippen LogP contribution >= 0.6 is 11.3 Å². The molecular weight excluding hydrogens is 402 g/mol.